The average Bonchev–Trinajstić information content (AvgIpc) is 2.90. The summed E-state index contributed by atoms with van der Waals surface area (Å²) < 4.78 is 11.1. The van der Waals surface area contributed by atoms with Gasteiger partial charge in [0.2, 0.25) is 0 Å². The summed E-state index contributed by atoms with van der Waals surface area (Å²) in [7, 11) is 0. The lowest BCUT2D eigenvalue weighted by Crippen LogP contribution is -2.61. The van der Waals surface area contributed by atoms with Gasteiger partial charge >= 0.3 is 17.9 Å². The molecule has 0 aromatic rings. The standard InChI is InChI=1S/C19H26O8/c1-8(7-20)17(24)26-11-6-19(3)12(21)5-4-10(16(22)23)14(19)15-13(11)9(2)18(25)27-15/h8,10-15,20-21H,2,4-7H2,1,3H3,(H,22,23)/t8-,10-,11+,12-,13-,14-,15+,19+/m1/s1. The van der Waals surface area contributed by atoms with E-state index < -0.39 is 65.3 Å². The summed E-state index contributed by atoms with van der Waals surface area (Å²) in [6, 6.07) is 0. The lowest BCUT2D eigenvalue weighted by Gasteiger charge is -2.55. The van der Waals surface area contributed by atoms with Gasteiger partial charge in [0.05, 0.1) is 30.5 Å². The predicted molar refractivity (Wildman–Crippen MR) is 91.2 cm³/mol. The molecule has 8 atom stereocenters. The van der Waals surface area contributed by atoms with Crippen molar-refractivity contribution in [1.29, 1.82) is 0 Å². The van der Waals surface area contributed by atoms with Gasteiger partial charge in [-0.2, -0.15) is 0 Å². The van der Waals surface area contributed by atoms with Crippen LogP contribution in [0.15, 0.2) is 12.2 Å². The summed E-state index contributed by atoms with van der Waals surface area (Å²) in [4.78, 5) is 36.3. The van der Waals surface area contributed by atoms with Gasteiger partial charge in [0.15, 0.2) is 0 Å². The molecule has 3 rings (SSSR count). The van der Waals surface area contributed by atoms with Crippen molar-refractivity contribution in [2.45, 2.75) is 51.4 Å². The molecule has 3 N–H and O–H groups in total. The third-order valence-corrected chi connectivity index (χ3v) is 6.63. The van der Waals surface area contributed by atoms with Crippen LogP contribution in [0.25, 0.3) is 0 Å². The lowest BCUT2D eigenvalue weighted by molar-refractivity contribution is -0.204. The van der Waals surface area contributed by atoms with Crippen LogP contribution in [-0.4, -0.2) is 58.1 Å². The molecule has 0 radical (unpaired) electrons. The van der Waals surface area contributed by atoms with Crippen LogP contribution in [0.1, 0.15) is 33.1 Å². The topological polar surface area (TPSA) is 130 Å². The molecule has 150 valence electrons. The summed E-state index contributed by atoms with van der Waals surface area (Å²) in [5.74, 6) is -4.99. The van der Waals surface area contributed by atoms with Crippen LogP contribution in [0, 0.1) is 29.1 Å². The van der Waals surface area contributed by atoms with Crippen molar-refractivity contribution < 1.29 is 39.2 Å². The number of fused-ring (bicyclic) bond motifs is 3. The highest BCUT2D eigenvalue weighted by molar-refractivity contribution is 5.91. The van der Waals surface area contributed by atoms with Crippen LogP contribution in [0.2, 0.25) is 0 Å². The molecule has 2 aliphatic carbocycles. The molecule has 1 heterocycles. The summed E-state index contributed by atoms with van der Waals surface area (Å²) in [6.45, 7) is 6.68. The second kappa shape index (κ2) is 6.91. The van der Waals surface area contributed by atoms with Gasteiger partial charge in [-0.1, -0.05) is 13.5 Å². The molecule has 3 aliphatic rings. The van der Waals surface area contributed by atoms with Crippen molar-refractivity contribution in [3.05, 3.63) is 12.2 Å². The van der Waals surface area contributed by atoms with E-state index in [1.165, 1.54) is 6.92 Å². The first kappa shape index (κ1) is 19.8. The fraction of sp³-hybridized carbons (Fsp3) is 0.737. The van der Waals surface area contributed by atoms with E-state index in [1.807, 2.05) is 0 Å². The molecule has 0 unspecified atom stereocenters. The van der Waals surface area contributed by atoms with Crippen molar-refractivity contribution in [3.8, 4) is 0 Å². The highest BCUT2D eigenvalue weighted by Gasteiger charge is 2.64. The van der Waals surface area contributed by atoms with Gasteiger partial charge in [-0.15, -0.1) is 0 Å². The largest absolute Gasteiger partial charge is 0.481 e. The highest BCUT2D eigenvalue weighted by atomic mass is 16.6. The molecule has 3 fully saturated rings. The SMILES string of the molecule is C=C1C(=O)O[C@H]2[C@H]1[C@@H](OC(=O)[C@H](C)CO)C[C@]1(C)[C@@H]2[C@H](C(=O)O)CC[C@H]1O. The van der Waals surface area contributed by atoms with Crippen molar-refractivity contribution in [2.75, 3.05) is 6.61 Å². The number of carbonyl (C=O) groups excluding carboxylic acids is 2. The number of esters is 2. The van der Waals surface area contributed by atoms with Crippen LogP contribution >= 0.6 is 0 Å². The Labute approximate surface area is 157 Å². The Morgan fingerprint density at radius 2 is 2.07 bits per heavy atom. The number of ether oxygens (including phenoxy) is 2. The Morgan fingerprint density at radius 1 is 1.41 bits per heavy atom. The van der Waals surface area contributed by atoms with Crippen LogP contribution < -0.4 is 0 Å². The second-order valence-electron chi connectivity index (χ2n) is 8.25. The monoisotopic (exact) mass is 382 g/mol. The first-order valence-electron chi connectivity index (χ1n) is 9.23. The molecule has 0 bridgehead atoms. The van der Waals surface area contributed by atoms with Gasteiger partial charge in [-0.05, 0) is 26.2 Å². The number of carboxylic acid groups (broad SMARTS) is 1. The fourth-order valence-electron chi connectivity index (χ4n) is 5.04. The Balaban J connectivity index is 2.00. The smallest absolute Gasteiger partial charge is 0.334 e. The first-order chi connectivity index (χ1) is 12.6. The third kappa shape index (κ3) is 3.04. The van der Waals surface area contributed by atoms with E-state index in [9.17, 15) is 29.7 Å². The number of aliphatic hydroxyl groups is 2. The molecule has 27 heavy (non-hydrogen) atoms. The van der Waals surface area contributed by atoms with Crippen LogP contribution in [0.3, 0.4) is 0 Å². The number of hydrogen-bond donors (Lipinski definition) is 3. The van der Waals surface area contributed by atoms with E-state index >= 15 is 0 Å². The number of aliphatic hydroxyl groups excluding tert-OH is 2. The zero-order chi connectivity index (χ0) is 20.1. The molecule has 8 heteroatoms. The number of hydrogen-bond acceptors (Lipinski definition) is 7. The van der Waals surface area contributed by atoms with Crippen LogP contribution in [0.4, 0.5) is 0 Å². The van der Waals surface area contributed by atoms with Gasteiger partial charge in [0.25, 0.3) is 0 Å². The van der Waals surface area contributed by atoms with Crippen molar-refractivity contribution in [1.82, 2.24) is 0 Å². The molecule has 0 aromatic carbocycles. The Hall–Kier alpha value is -1.93. The van der Waals surface area contributed by atoms with E-state index in [0.29, 0.717) is 6.42 Å². The maximum Gasteiger partial charge on any atom is 0.334 e. The maximum atomic E-state index is 12.2. The molecule has 0 aromatic heterocycles. The fourth-order valence-corrected chi connectivity index (χ4v) is 5.04. The maximum absolute atomic E-state index is 12.2. The average molecular weight is 382 g/mol. The molecular weight excluding hydrogens is 356 g/mol. The molecule has 0 spiro atoms. The molecule has 1 saturated heterocycles. The van der Waals surface area contributed by atoms with Crippen molar-refractivity contribution in [3.63, 3.8) is 0 Å². The quantitative estimate of drug-likeness (QED) is 0.473. The van der Waals surface area contributed by atoms with Gasteiger partial charge in [0, 0.05) is 16.9 Å². The Morgan fingerprint density at radius 3 is 2.67 bits per heavy atom. The molecular formula is C19H26O8. The molecule has 1 aliphatic heterocycles. The zero-order valence-corrected chi connectivity index (χ0v) is 15.5. The third-order valence-electron chi connectivity index (χ3n) is 6.63. The van der Waals surface area contributed by atoms with Gasteiger partial charge in [-0.3, -0.25) is 9.59 Å². The van der Waals surface area contributed by atoms with Gasteiger partial charge in [0.1, 0.15) is 12.2 Å². The van der Waals surface area contributed by atoms with E-state index in [1.54, 1.807) is 6.92 Å². The van der Waals surface area contributed by atoms with E-state index in [0.717, 1.165) is 0 Å². The minimum Gasteiger partial charge on any atom is -0.481 e. The normalized spacial score (nSPS) is 41.9. The summed E-state index contributed by atoms with van der Waals surface area (Å²) >= 11 is 0. The summed E-state index contributed by atoms with van der Waals surface area (Å²) in [5, 5.41) is 29.6. The number of rotatable bonds is 4. The van der Waals surface area contributed by atoms with E-state index in [4.69, 9.17) is 9.47 Å². The minimum atomic E-state index is -0.991. The number of carboxylic acids is 1. The Bertz CT molecular complexity index is 673. The second-order valence-corrected chi connectivity index (χ2v) is 8.25. The zero-order valence-electron chi connectivity index (χ0n) is 15.5. The van der Waals surface area contributed by atoms with Crippen LogP contribution in [-0.2, 0) is 23.9 Å². The van der Waals surface area contributed by atoms with Crippen molar-refractivity contribution in [2.24, 2.45) is 29.1 Å². The first-order valence-corrected chi connectivity index (χ1v) is 9.23. The molecule has 2 saturated carbocycles. The van der Waals surface area contributed by atoms with Gasteiger partial charge in [-0.25, -0.2) is 4.79 Å². The van der Waals surface area contributed by atoms with Crippen LogP contribution in [0.5, 0.6) is 0 Å². The van der Waals surface area contributed by atoms with E-state index in [-0.39, 0.29) is 25.0 Å². The minimum absolute atomic E-state index is 0.153. The van der Waals surface area contributed by atoms with Gasteiger partial charge < -0.3 is 24.8 Å². The summed E-state index contributed by atoms with van der Waals surface area (Å²) in [5.41, 5.74) is -0.735. The Kier molecular flexibility index (Phi) is 5.07. The molecule has 8 nitrogen and oxygen atoms in total. The lowest BCUT2D eigenvalue weighted by atomic mass is 9.51. The predicted octanol–water partition coefficient (Wildman–Crippen LogP) is 0.506. The van der Waals surface area contributed by atoms with Crippen molar-refractivity contribution >= 4 is 17.9 Å². The molecule has 0 amide bonds. The van der Waals surface area contributed by atoms with E-state index in [2.05, 4.69) is 6.58 Å². The number of carbonyl (C=O) groups is 3. The number of aliphatic carboxylic acids is 1. The summed E-state index contributed by atoms with van der Waals surface area (Å²) in [6.07, 6.45) is -1.60. The highest BCUT2D eigenvalue weighted by Crippen LogP contribution is 2.58.